The lowest BCUT2D eigenvalue weighted by molar-refractivity contribution is -0.137. The number of hydrogen-bond donors (Lipinski definition) is 0. The number of rotatable bonds is 9. The molecule has 3 heteroatoms. The van der Waals surface area contributed by atoms with Crippen LogP contribution in [0.4, 0.5) is 0 Å². The Bertz CT molecular complexity index is 337. The van der Waals surface area contributed by atoms with Gasteiger partial charge in [-0.15, -0.1) is 11.6 Å². The van der Waals surface area contributed by atoms with Crippen LogP contribution in [-0.2, 0) is 9.53 Å². The van der Waals surface area contributed by atoms with Gasteiger partial charge in [0.25, 0.3) is 0 Å². The molecule has 116 valence electrons. The van der Waals surface area contributed by atoms with Gasteiger partial charge in [-0.05, 0) is 52.0 Å². The van der Waals surface area contributed by atoms with Gasteiger partial charge >= 0.3 is 5.97 Å². The van der Waals surface area contributed by atoms with E-state index in [0.29, 0.717) is 12.5 Å². The van der Waals surface area contributed by atoms with Gasteiger partial charge in [0.2, 0.25) is 0 Å². The molecule has 0 aliphatic carbocycles. The van der Waals surface area contributed by atoms with Crippen molar-refractivity contribution in [3.05, 3.63) is 23.8 Å². The molecule has 0 aromatic carbocycles. The number of ether oxygens (including phenoxy) is 1. The van der Waals surface area contributed by atoms with Crippen molar-refractivity contribution in [1.29, 1.82) is 0 Å². The Hall–Kier alpha value is -0.760. The first-order chi connectivity index (χ1) is 9.24. The standard InChI is InChI=1S/C17H29ClO2/c1-6-20-16(19)13-15(3)10-7-9-14(2)11-8-12-17(4,5)18/h7,10,13-14H,6,8-9,11-12H2,1-5H3/b10-7+,15-13?. The van der Waals surface area contributed by atoms with E-state index in [2.05, 4.69) is 26.8 Å². The van der Waals surface area contributed by atoms with Crippen LogP contribution in [0.1, 0.15) is 60.3 Å². The van der Waals surface area contributed by atoms with Gasteiger partial charge in [0, 0.05) is 11.0 Å². The number of halogens is 1. The van der Waals surface area contributed by atoms with Gasteiger partial charge in [-0.25, -0.2) is 4.79 Å². The molecule has 0 rings (SSSR count). The van der Waals surface area contributed by atoms with Gasteiger partial charge in [0.15, 0.2) is 0 Å². The van der Waals surface area contributed by atoms with Gasteiger partial charge in [-0.3, -0.25) is 0 Å². The highest BCUT2D eigenvalue weighted by Gasteiger charge is 2.12. The summed E-state index contributed by atoms with van der Waals surface area (Å²) in [5.41, 5.74) is 0.928. The third-order valence-corrected chi connectivity index (χ3v) is 3.21. The first-order valence-electron chi connectivity index (χ1n) is 7.45. The molecule has 0 spiro atoms. The third-order valence-electron chi connectivity index (χ3n) is 3.02. The van der Waals surface area contributed by atoms with Gasteiger partial charge in [-0.2, -0.15) is 0 Å². The van der Waals surface area contributed by atoms with E-state index >= 15 is 0 Å². The average Bonchev–Trinajstić information content (AvgIpc) is 2.27. The summed E-state index contributed by atoms with van der Waals surface area (Å²) in [6.07, 6.45) is 10.0. The van der Waals surface area contributed by atoms with E-state index in [9.17, 15) is 4.79 Å². The Morgan fingerprint density at radius 1 is 1.40 bits per heavy atom. The Morgan fingerprint density at radius 3 is 2.60 bits per heavy atom. The summed E-state index contributed by atoms with van der Waals surface area (Å²) in [6.45, 7) is 10.5. The monoisotopic (exact) mass is 300 g/mol. The van der Waals surface area contributed by atoms with E-state index in [0.717, 1.165) is 24.8 Å². The molecule has 0 saturated carbocycles. The van der Waals surface area contributed by atoms with Crippen molar-refractivity contribution in [3.8, 4) is 0 Å². The molecule has 0 fully saturated rings. The summed E-state index contributed by atoms with van der Waals surface area (Å²) in [4.78, 5) is 11.2. The fourth-order valence-corrected chi connectivity index (χ4v) is 2.03. The topological polar surface area (TPSA) is 26.3 Å². The number of carbonyl (C=O) groups excluding carboxylic acids is 1. The summed E-state index contributed by atoms with van der Waals surface area (Å²) in [7, 11) is 0. The van der Waals surface area contributed by atoms with Crippen LogP contribution in [0.2, 0.25) is 0 Å². The maximum atomic E-state index is 11.2. The van der Waals surface area contributed by atoms with E-state index < -0.39 is 0 Å². The van der Waals surface area contributed by atoms with Gasteiger partial charge < -0.3 is 4.74 Å². The molecule has 1 unspecified atom stereocenters. The lowest BCUT2D eigenvalue weighted by Crippen LogP contribution is -2.10. The number of alkyl halides is 1. The summed E-state index contributed by atoms with van der Waals surface area (Å²) in [5.74, 6) is 0.368. The van der Waals surface area contributed by atoms with Gasteiger partial charge in [0.1, 0.15) is 0 Å². The molecule has 0 heterocycles. The molecular weight excluding hydrogens is 272 g/mol. The molecule has 0 aliphatic heterocycles. The Morgan fingerprint density at radius 2 is 2.05 bits per heavy atom. The molecule has 1 atom stereocenters. The molecule has 0 N–H and O–H groups in total. The van der Waals surface area contributed by atoms with Crippen molar-refractivity contribution < 1.29 is 9.53 Å². The van der Waals surface area contributed by atoms with E-state index in [1.807, 2.05) is 13.0 Å². The normalized spacial score (nSPS) is 14.6. The van der Waals surface area contributed by atoms with Crippen molar-refractivity contribution in [3.63, 3.8) is 0 Å². The lowest BCUT2D eigenvalue weighted by atomic mass is 9.96. The lowest BCUT2D eigenvalue weighted by Gasteiger charge is -2.16. The van der Waals surface area contributed by atoms with Crippen LogP contribution >= 0.6 is 11.6 Å². The van der Waals surface area contributed by atoms with E-state index in [1.165, 1.54) is 12.5 Å². The zero-order valence-electron chi connectivity index (χ0n) is 13.5. The van der Waals surface area contributed by atoms with Crippen LogP contribution in [0.15, 0.2) is 23.8 Å². The quantitative estimate of drug-likeness (QED) is 0.251. The van der Waals surface area contributed by atoms with Crippen LogP contribution < -0.4 is 0 Å². The van der Waals surface area contributed by atoms with Crippen molar-refractivity contribution in [2.45, 2.75) is 65.2 Å². The zero-order valence-corrected chi connectivity index (χ0v) is 14.3. The molecule has 0 aromatic rings. The molecule has 0 aromatic heterocycles. The molecule has 20 heavy (non-hydrogen) atoms. The molecule has 0 aliphatic rings. The predicted octanol–water partition coefficient (Wildman–Crippen LogP) is 5.27. The highest BCUT2D eigenvalue weighted by atomic mass is 35.5. The van der Waals surface area contributed by atoms with Crippen molar-refractivity contribution in [1.82, 2.24) is 0 Å². The second-order valence-electron chi connectivity index (χ2n) is 5.99. The minimum absolute atomic E-state index is 0.0888. The average molecular weight is 301 g/mol. The largest absolute Gasteiger partial charge is 0.463 e. The fraction of sp³-hybridized carbons (Fsp3) is 0.706. The Kier molecular flexibility index (Phi) is 9.66. The fourth-order valence-electron chi connectivity index (χ4n) is 1.89. The number of hydrogen-bond acceptors (Lipinski definition) is 2. The molecule has 0 saturated heterocycles. The first kappa shape index (κ1) is 19.2. The first-order valence-corrected chi connectivity index (χ1v) is 7.83. The Labute approximate surface area is 129 Å². The van der Waals surface area contributed by atoms with Crippen LogP contribution in [0, 0.1) is 5.92 Å². The third kappa shape index (κ3) is 12.3. The second kappa shape index (κ2) is 10.0. The molecule has 0 radical (unpaired) electrons. The minimum atomic E-state index is -0.271. The zero-order chi connectivity index (χ0) is 15.6. The van der Waals surface area contributed by atoms with Crippen LogP contribution in [-0.4, -0.2) is 17.5 Å². The molecule has 2 nitrogen and oxygen atoms in total. The van der Waals surface area contributed by atoms with Crippen molar-refractivity contribution in [2.75, 3.05) is 6.61 Å². The van der Waals surface area contributed by atoms with E-state index in [-0.39, 0.29) is 10.8 Å². The SMILES string of the molecule is CCOC(=O)C=C(C)/C=C/CC(C)CCCC(C)(C)Cl. The smallest absolute Gasteiger partial charge is 0.330 e. The maximum absolute atomic E-state index is 11.2. The number of carbonyl (C=O) groups is 1. The van der Waals surface area contributed by atoms with Gasteiger partial charge in [0.05, 0.1) is 6.61 Å². The van der Waals surface area contributed by atoms with Gasteiger partial charge in [-0.1, -0.05) is 31.9 Å². The summed E-state index contributed by atoms with van der Waals surface area (Å²) in [5, 5.41) is 0. The summed E-state index contributed by atoms with van der Waals surface area (Å²) >= 11 is 6.17. The van der Waals surface area contributed by atoms with Crippen LogP contribution in [0.5, 0.6) is 0 Å². The minimum Gasteiger partial charge on any atom is -0.463 e. The number of allylic oxidation sites excluding steroid dienone is 3. The van der Waals surface area contributed by atoms with Crippen molar-refractivity contribution in [2.24, 2.45) is 5.92 Å². The number of esters is 1. The summed E-state index contributed by atoms with van der Waals surface area (Å²) < 4.78 is 4.86. The second-order valence-corrected chi connectivity index (χ2v) is 7.02. The van der Waals surface area contributed by atoms with Crippen LogP contribution in [0.3, 0.4) is 0 Å². The van der Waals surface area contributed by atoms with E-state index in [1.54, 1.807) is 6.92 Å². The molecule has 0 bridgehead atoms. The van der Waals surface area contributed by atoms with E-state index in [4.69, 9.17) is 16.3 Å². The maximum Gasteiger partial charge on any atom is 0.330 e. The highest BCUT2D eigenvalue weighted by molar-refractivity contribution is 6.23. The molecule has 0 amide bonds. The highest BCUT2D eigenvalue weighted by Crippen LogP contribution is 2.23. The Balaban J connectivity index is 3.96. The van der Waals surface area contributed by atoms with Crippen LogP contribution in [0.25, 0.3) is 0 Å². The summed E-state index contributed by atoms with van der Waals surface area (Å²) in [6, 6.07) is 0. The van der Waals surface area contributed by atoms with Crippen molar-refractivity contribution >= 4 is 17.6 Å². The molecular formula is C17H29ClO2. The predicted molar refractivity (Wildman–Crippen MR) is 87.1 cm³/mol.